The van der Waals surface area contributed by atoms with Crippen LogP contribution >= 0.6 is 11.6 Å². The second-order valence-electron chi connectivity index (χ2n) is 3.98. The number of anilines is 2. The fraction of sp³-hybridized carbons (Fsp3) is 0.250. The third kappa shape index (κ3) is 2.68. The Morgan fingerprint density at radius 2 is 2.26 bits per heavy atom. The molecule has 0 atom stereocenters. The fourth-order valence-electron chi connectivity index (χ4n) is 1.69. The predicted molar refractivity (Wildman–Crippen MR) is 74.3 cm³/mol. The number of nitrogens with two attached hydrogens (primary N) is 1. The molecule has 0 spiro atoms. The van der Waals surface area contributed by atoms with E-state index in [0.29, 0.717) is 34.5 Å². The molecule has 0 bridgehead atoms. The van der Waals surface area contributed by atoms with Crippen molar-refractivity contribution in [3.8, 4) is 0 Å². The van der Waals surface area contributed by atoms with Gasteiger partial charge in [-0.25, -0.2) is 4.98 Å². The number of nitrogens with zero attached hydrogens (tertiary/aromatic N) is 3. The smallest absolute Gasteiger partial charge is 0.277 e. The van der Waals surface area contributed by atoms with Gasteiger partial charge in [0.1, 0.15) is 11.5 Å². The van der Waals surface area contributed by atoms with Gasteiger partial charge >= 0.3 is 0 Å². The van der Waals surface area contributed by atoms with Gasteiger partial charge in [-0.1, -0.05) is 11.6 Å². The number of aromatic nitrogens is 3. The Morgan fingerprint density at radius 3 is 2.84 bits per heavy atom. The Balaban J connectivity index is 2.27. The number of pyridine rings is 1. The van der Waals surface area contributed by atoms with Gasteiger partial charge in [-0.15, -0.1) is 0 Å². The Hall–Kier alpha value is -2.08. The number of nitrogen functional groups attached to an aromatic ring is 1. The number of hydrogen-bond donors (Lipinski definition) is 2. The number of rotatable bonds is 3. The minimum Gasteiger partial charge on any atom is -0.395 e. The first-order chi connectivity index (χ1) is 9.02. The molecule has 0 aliphatic rings. The molecule has 2 heterocycles. The fourth-order valence-corrected chi connectivity index (χ4v) is 1.80. The van der Waals surface area contributed by atoms with Gasteiger partial charge in [0.15, 0.2) is 0 Å². The minimum atomic E-state index is -0.338. The maximum atomic E-state index is 12.2. The van der Waals surface area contributed by atoms with Crippen molar-refractivity contribution in [2.45, 2.75) is 20.4 Å². The van der Waals surface area contributed by atoms with Gasteiger partial charge in [-0.2, -0.15) is 5.10 Å². The monoisotopic (exact) mass is 279 g/mol. The van der Waals surface area contributed by atoms with Gasteiger partial charge < -0.3 is 11.1 Å². The van der Waals surface area contributed by atoms with E-state index in [1.807, 2.05) is 6.92 Å². The maximum absolute atomic E-state index is 12.2. The van der Waals surface area contributed by atoms with Crippen molar-refractivity contribution in [1.82, 2.24) is 14.8 Å². The molecule has 100 valence electrons. The molecule has 0 saturated carbocycles. The average Bonchev–Trinajstić information content (AvgIpc) is 2.68. The highest BCUT2D eigenvalue weighted by Crippen LogP contribution is 2.18. The van der Waals surface area contributed by atoms with Crippen molar-refractivity contribution in [1.29, 1.82) is 0 Å². The molecule has 0 saturated heterocycles. The average molecular weight is 280 g/mol. The summed E-state index contributed by atoms with van der Waals surface area (Å²) in [5, 5.41) is 7.37. The summed E-state index contributed by atoms with van der Waals surface area (Å²) in [5.41, 5.74) is 7.23. The van der Waals surface area contributed by atoms with Crippen molar-refractivity contribution in [2.24, 2.45) is 0 Å². The van der Waals surface area contributed by atoms with E-state index in [-0.39, 0.29) is 5.91 Å². The van der Waals surface area contributed by atoms with Crippen LogP contribution in [-0.2, 0) is 6.54 Å². The van der Waals surface area contributed by atoms with Crippen molar-refractivity contribution < 1.29 is 4.79 Å². The molecule has 3 N–H and O–H groups in total. The third-order valence-electron chi connectivity index (χ3n) is 2.66. The zero-order valence-corrected chi connectivity index (χ0v) is 11.4. The largest absolute Gasteiger partial charge is 0.395 e. The quantitative estimate of drug-likeness (QED) is 0.901. The van der Waals surface area contributed by atoms with Crippen LogP contribution in [0, 0.1) is 6.92 Å². The van der Waals surface area contributed by atoms with Gasteiger partial charge in [-0.05, 0) is 26.0 Å². The topological polar surface area (TPSA) is 85.8 Å². The van der Waals surface area contributed by atoms with Crippen molar-refractivity contribution in [3.63, 3.8) is 0 Å². The Bertz CT molecular complexity index is 605. The number of carbonyl (C=O) groups is 1. The van der Waals surface area contributed by atoms with Crippen LogP contribution in [0.2, 0.25) is 5.02 Å². The first-order valence-corrected chi connectivity index (χ1v) is 6.16. The molecule has 2 aromatic heterocycles. The normalized spacial score (nSPS) is 10.5. The van der Waals surface area contributed by atoms with Crippen LogP contribution in [0.1, 0.15) is 23.1 Å². The maximum Gasteiger partial charge on any atom is 0.277 e. The molecular formula is C12H14ClN5O. The van der Waals surface area contributed by atoms with Crippen LogP contribution in [0.15, 0.2) is 18.3 Å². The lowest BCUT2D eigenvalue weighted by Gasteiger charge is -2.07. The summed E-state index contributed by atoms with van der Waals surface area (Å²) in [6, 6.07) is 3.27. The SMILES string of the molecule is CCn1nc(C)c(N)c1C(=O)Nc1ccc(Cl)cn1. The molecule has 2 aromatic rings. The first-order valence-electron chi connectivity index (χ1n) is 5.78. The van der Waals surface area contributed by atoms with E-state index in [1.54, 1.807) is 23.7 Å². The number of amides is 1. The predicted octanol–water partition coefficient (Wildman–Crippen LogP) is 2.09. The zero-order valence-electron chi connectivity index (χ0n) is 10.6. The van der Waals surface area contributed by atoms with E-state index in [1.165, 1.54) is 6.20 Å². The Kier molecular flexibility index (Phi) is 3.71. The number of carbonyl (C=O) groups excluding carboxylic acids is 1. The summed E-state index contributed by atoms with van der Waals surface area (Å²) in [4.78, 5) is 16.2. The first kappa shape index (κ1) is 13.4. The van der Waals surface area contributed by atoms with Gasteiger partial charge in [0.25, 0.3) is 5.91 Å². The molecule has 0 unspecified atom stereocenters. The summed E-state index contributed by atoms with van der Waals surface area (Å²) in [7, 11) is 0. The summed E-state index contributed by atoms with van der Waals surface area (Å²) < 4.78 is 1.57. The standard InChI is InChI=1S/C12H14ClN5O/c1-3-18-11(10(14)7(2)17-18)12(19)16-9-5-4-8(13)6-15-9/h4-6H,3,14H2,1-2H3,(H,15,16,19). The zero-order chi connectivity index (χ0) is 14.0. The Morgan fingerprint density at radius 1 is 1.53 bits per heavy atom. The Labute approximate surface area is 115 Å². The van der Waals surface area contributed by atoms with E-state index in [2.05, 4.69) is 15.4 Å². The highest BCUT2D eigenvalue weighted by atomic mass is 35.5. The lowest BCUT2D eigenvalue weighted by molar-refractivity contribution is 0.101. The van der Waals surface area contributed by atoms with Crippen LogP contribution in [0.5, 0.6) is 0 Å². The lowest BCUT2D eigenvalue weighted by atomic mass is 10.3. The van der Waals surface area contributed by atoms with Crippen LogP contribution in [0.3, 0.4) is 0 Å². The molecule has 1 amide bonds. The summed E-state index contributed by atoms with van der Waals surface area (Å²) in [6.45, 7) is 4.22. The molecule has 7 heteroatoms. The second-order valence-corrected chi connectivity index (χ2v) is 4.42. The number of halogens is 1. The van der Waals surface area contributed by atoms with Gasteiger partial charge in [0.2, 0.25) is 0 Å². The van der Waals surface area contributed by atoms with E-state index in [4.69, 9.17) is 17.3 Å². The second kappa shape index (κ2) is 5.27. The van der Waals surface area contributed by atoms with E-state index in [9.17, 15) is 4.79 Å². The lowest BCUT2D eigenvalue weighted by Crippen LogP contribution is -2.19. The molecular weight excluding hydrogens is 266 g/mol. The summed E-state index contributed by atoms with van der Waals surface area (Å²) in [6.07, 6.45) is 1.46. The summed E-state index contributed by atoms with van der Waals surface area (Å²) >= 11 is 5.73. The van der Waals surface area contributed by atoms with Crippen LogP contribution in [0.4, 0.5) is 11.5 Å². The molecule has 0 fully saturated rings. The highest BCUT2D eigenvalue weighted by Gasteiger charge is 2.19. The molecule has 0 aliphatic carbocycles. The minimum absolute atomic E-state index is 0.338. The molecule has 6 nitrogen and oxygen atoms in total. The molecule has 0 aromatic carbocycles. The van der Waals surface area contributed by atoms with Crippen molar-refractivity contribution in [3.05, 3.63) is 34.7 Å². The van der Waals surface area contributed by atoms with Crippen LogP contribution in [-0.4, -0.2) is 20.7 Å². The molecule has 0 radical (unpaired) electrons. The van der Waals surface area contributed by atoms with Gasteiger partial charge in [-0.3, -0.25) is 9.48 Å². The molecule has 2 rings (SSSR count). The number of nitrogens with one attached hydrogen (secondary N) is 1. The number of hydrogen-bond acceptors (Lipinski definition) is 4. The van der Waals surface area contributed by atoms with E-state index < -0.39 is 0 Å². The van der Waals surface area contributed by atoms with Crippen molar-refractivity contribution in [2.75, 3.05) is 11.1 Å². The van der Waals surface area contributed by atoms with E-state index in [0.717, 1.165) is 0 Å². The van der Waals surface area contributed by atoms with Crippen molar-refractivity contribution >= 4 is 29.0 Å². The van der Waals surface area contributed by atoms with Crippen LogP contribution < -0.4 is 11.1 Å². The van der Waals surface area contributed by atoms with Gasteiger partial charge in [0, 0.05) is 12.7 Å². The molecule has 19 heavy (non-hydrogen) atoms. The number of aryl methyl sites for hydroxylation is 2. The molecule has 0 aliphatic heterocycles. The highest BCUT2D eigenvalue weighted by molar-refractivity contribution is 6.30. The van der Waals surface area contributed by atoms with E-state index >= 15 is 0 Å². The third-order valence-corrected chi connectivity index (χ3v) is 2.88. The van der Waals surface area contributed by atoms with Crippen LogP contribution in [0.25, 0.3) is 0 Å². The van der Waals surface area contributed by atoms with Gasteiger partial charge in [0.05, 0.1) is 16.4 Å². The summed E-state index contributed by atoms with van der Waals surface area (Å²) in [5.74, 6) is 0.0741.